The highest BCUT2D eigenvalue weighted by molar-refractivity contribution is 5.75. The SMILES string of the molecule is CN(C)CCC(=O)NCCCCCn1ccnc1. The van der Waals surface area contributed by atoms with Crippen molar-refractivity contribution >= 4 is 5.91 Å². The number of nitrogens with one attached hydrogen (secondary N) is 1. The monoisotopic (exact) mass is 252 g/mol. The minimum atomic E-state index is 0.151. The number of imidazole rings is 1. The number of aromatic nitrogens is 2. The lowest BCUT2D eigenvalue weighted by Gasteiger charge is -2.09. The second kappa shape index (κ2) is 8.69. The van der Waals surface area contributed by atoms with Gasteiger partial charge in [-0.3, -0.25) is 4.79 Å². The van der Waals surface area contributed by atoms with E-state index in [4.69, 9.17) is 0 Å². The van der Waals surface area contributed by atoms with E-state index in [2.05, 4.69) is 14.9 Å². The number of aryl methyl sites for hydroxylation is 1. The van der Waals surface area contributed by atoms with Crippen molar-refractivity contribution in [2.75, 3.05) is 27.2 Å². The first kappa shape index (κ1) is 14.7. The minimum absolute atomic E-state index is 0.151. The average molecular weight is 252 g/mol. The van der Waals surface area contributed by atoms with Crippen LogP contribution >= 0.6 is 0 Å². The highest BCUT2D eigenvalue weighted by atomic mass is 16.1. The second-order valence-corrected chi connectivity index (χ2v) is 4.76. The molecule has 1 aromatic heterocycles. The fourth-order valence-electron chi connectivity index (χ4n) is 1.66. The molecule has 0 radical (unpaired) electrons. The van der Waals surface area contributed by atoms with E-state index >= 15 is 0 Å². The standard InChI is InChI=1S/C13H24N4O/c1-16(2)10-6-13(18)15-7-4-3-5-9-17-11-8-14-12-17/h8,11-12H,3-7,9-10H2,1-2H3,(H,15,18). The van der Waals surface area contributed by atoms with Gasteiger partial charge in [0.15, 0.2) is 0 Å². The lowest BCUT2D eigenvalue weighted by molar-refractivity contribution is -0.121. The number of carbonyl (C=O) groups is 1. The molecule has 0 fully saturated rings. The molecule has 0 spiro atoms. The van der Waals surface area contributed by atoms with Crippen LogP contribution in [0.1, 0.15) is 25.7 Å². The molecule has 0 aromatic carbocycles. The van der Waals surface area contributed by atoms with Crippen molar-refractivity contribution < 1.29 is 4.79 Å². The molecule has 0 saturated heterocycles. The number of unbranched alkanes of at least 4 members (excludes halogenated alkanes) is 2. The molecule has 0 bridgehead atoms. The summed E-state index contributed by atoms with van der Waals surface area (Å²) >= 11 is 0. The number of carbonyl (C=O) groups excluding carboxylic acids is 1. The summed E-state index contributed by atoms with van der Waals surface area (Å²) in [5.41, 5.74) is 0. The van der Waals surface area contributed by atoms with E-state index in [1.807, 2.05) is 31.5 Å². The maximum absolute atomic E-state index is 11.4. The van der Waals surface area contributed by atoms with E-state index in [9.17, 15) is 4.79 Å². The highest BCUT2D eigenvalue weighted by Crippen LogP contribution is 1.98. The van der Waals surface area contributed by atoms with Crippen LogP contribution in [0.2, 0.25) is 0 Å². The predicted molar refractivity (Wildman–Crippen MR) is 72.3 cm³/mol. The molecule has 0 unspecified atom stereocenters. The van der Waals surface area contributed by atoms with Crippen LogP contribution in [0, 0.1) is 0 Å². The summed E-state index contributed by atoms with van der Waals surface area (Å²) in [5, 5.41) is 2.95. The van der Waals surface area contributed by atoms with Crippen molar-refractivity contribution in [3.8, 4) is 0 Å². The topological polar surface area (TPSA) is 50.2 Å². The van der Waals surface area contributed by atoms with Crippen LogP contribution in [0.15, 0.2) is 18.7 Å². The molecule has 0 aliphatic heterocycles. The van der Waals surface area contributed by atoms with Crippen LogP contribution < -0.4 is 5.32 Å². The van der Waals surface area contributed by atoms with Gasteiger partial charge in [0.25, 0.3) is 0 Å². The van der Waals surface area contributed by atoms with Crippen molar-refractivity contribution in [2.45, 2.75) is 32.2 Å². The molecule has 1 N–H and O–H groups in total. The van der Waals surface area contributed by atoms with Gasteiger partial charge in [-0.2, -0.15) is 0 Å². The predicted octanol–water partition coefficient (Wildman–Crippen LogP) is 1.12. The molecule has 0 saturated carbocycles. The van der Waals surface area contributed by atoms with Gasteiger partial charge in [-0.05, 0) is 33.4 Å². The van der Waals surface area contributed by atoms with E-state index in [1.165, 1.54) is 0 Å². The van der Waals surface area contributed by atoms with E-state index < -0.39 is 0 Å². The van der Waals surface area contributed by atoms with Crippen LogP contribution in [0.5, 0.6) is 0 Å². The van der Waals surface area contributed by atoms with Gasteiger partial charge in [-0.1, -0.05) is 0 Å². The Hall–Kier alpha value is -1.36. The van der Waals surface area contributed by atoms with Gasteiger partial charge in [0.1, 0.15) is 0 Å². The first-order chi connectivity index (χ1) is 8.68. The van der Waals surface area contributed by atoms with Crippen molar-refractivity contribution in [3.05, 3.63) is 18.7 Å². The summed E-state index contributed by atoms with van der Waals surface area (Å²) in [5.74, 6) is 0.151. The van der Waals surface area contributed by atoms with E-state index in [-0.39, 0.29) is 5.91 Å². The maximum Gasteiger partial charge on any atom is 0.221 e. The summed E-state index contributed by atoms with van der Waals surface area (Å²) in [6.45, 7) is 2.61. The summed E-state index contributed by atoms with van der Waals surface area (Å²) in [6.07, 6.45) is 9.50. The van der Waals surface area contributed by atoms with Crippen molar-refractivity contribution in [1.82, 2.24) is 19.8 Å². The Bertz CT molecular complexity index is 322. The zero-order valence-electron chi connectivity index (χ0n) is 11.4. The summed E-state index contributed by atoms with van der Waals surface area (Å²) < 4.78 is 2.08. The third kappa shape index (κ3) is 7.06. The van der Waals surface area contributed by atoms with Crippen LogP contribution in [0.4, 0.5) is 0 Å². The smallest absolute Gasteiger partial charge is 0.221 e. The van der Waals surface area contributed by atoms with Crippen LogP contribution in [0.25, 0.3) is 0 Å². The number of hydrogen-bond acceptors (Lipinski definition) is 3. The van der Waals surface area contributed by atoms with E-state index in [0.717, 1.165) is 38.9 Å². The molecule has 1 heterocycles. The Morgan fingerprint density at radius 2 is 2.17 bits per heavy atom. The minimum Gasteiger partial charge on any atom is -0.356 e. The lowest BCUT2D eigenvalue weighted by Crippen LogP contribution is -2.28. The first-order valence-corrected chi connectivity index (χ1v) is 6.55. The summed E-state index contributed by atoms with van der Waals surface area (Å²) in [4.78, 5) is 17.4. The molecule has 1 rings (SSSR count). The van der Waals surface area contributed by atoms with E-state index in [0.29, 0.717) is 6.42 Å². The Morgan fingerprint density at radius 3 is 2.83 bits per heavy atom. The zero-order valence-corrected chi connectivity index (χ0v) is 11.4. The average Bonchev–Trinajstić information content (AvgIpc) is 2.84. The second-order valence-electron chi connectivity index (χ2n) is 4.76. The van der Waals surface area contributed by atoms with Gasteiger partial charge in [0, 0.05) is 38.4 Å². The zero-order chi connectivity index (χ0) is 13.2. The van der Waals surface area contributed by atoms with Crippen LogP contribution in [0.3, 0.4) is 0 Å². The van der Waals surface area contributed by atoms with Gasteiger partial charge in [-0.15, -0.1) is 0 Å². The molecule has 1 aromatic rings. The Morgan fingerprint density at radius 1 is 1.33 bits per heavy atom. The van der Waals surface area contributed by atoms with Crippen molar-refractivity contribution in [1.29, 1.82) is 0 Å². The van der Waals surface area contributed by atoms with Gasteiger partial charge >= 0.3 is 0 Å². The third-order valence-corrected chi connectivity index (χ3v) is 2.76. The molecule has 102 valence electrons. The third-order valence-electron chi connectivity index (χ3n) is 2.76. The Labute approximate surface area is 109 Å². The fraction of sp³-hybridized carbons (Fsp3) is 0.692. The highest BCUT2D eigenvalue weighted by Gasteiger charge is 2.00. The Kier molecular flexibility index (Phi) is 7.10. The van der Waals surface area contributed by atoms with Gasteiger partial charge in [0.05, 0.1) is 6.33 Å². The van der Waals surface area contributed by atoms with Crippen LogP contribution in [-0.4, -0.2) is 47.5 Å². The molecule has 5 nitrogen and oxygen atoms in total. The number of nitrogens with zero attached hydrogens (tertiary/aromatic N) is 3. The molecule has 5 heteroatoms. The number of rotatable bonds is 9. The molecule has 0 aliphatic carbocycles. The lowest BCUT2D eigenvalue weighted by atomic mass is 10.2. The first-order valence-electron chi connectivity index (χ1n) is 6.55. The van der Waals surface area contributed by atoms with Crippen molar-refractivity contribution in [2.24, 2.45) is 0 Å². The number of hydrogen-bond donors (Lipinski definition) is 1. The van der Waals surface area contributed by atoms with Crippen LogP contribution in [-0.2, 0) is 11.3 Å². The largest absolute Gasteiger partial charge is 0.356 e. The Balaban J connectivity index is 1.90. The molecule has 0 aliphatic rings. The molecule has 1 amide bonds. The van der Waals surface area contributed by atoms with Gasteiger partial charge < -0.3 is 14.8 Å². The molecular weight excluding hydrogens is 228 g/mol. The fourth-order valence-corrected chi connectivity index (χ4v) is 1.66. The molecule has 18 heavy (non-hydrogen) atoms. The molecular formula is C13H24N4O. The van der Waals surface area contributed by atoms with Gasteiger partial charge in [0.2, 0.25) is 5.91 Å². The normalized spacial score (nSPS) is 10.8. The van der Waals surface area contributed by atoms with Crippen molar-refractivity contribution in [3.63, 3.8) is 0 Å². The van der Waals surface area contributed by atoms with Gasteiger partial charge in [-0.25, -0.2) is 4.98 Å². The quantitative estimate of drug-likeness (QED) is 0.670. The summed E-state index contributed by atoms with van der Waals surface area (Å²) in [7, 11) is 3.95. The maximum atomic E-state index is 11.4. The molecule has 0 atom stereocenters. The van der Waals surface area contributed by atoms with E-state index in [1.54, 1.807) is 6.20 Å². The summed E-state index contributed by atoms with van der Waals surface area (Å²) in [6, 6.07) is 0. The number of amides is 1.